The number of carbonyl (C=O) groups excluding carboxylic acids is 1. The molecule has 2 aromatic rings. The van der Waals surface area contributed by atoms with Gasteiger partial charge in [-0.2, -0.15) is 5.10 Å². The van der Waals surface area contributed by atoms with Crippen LogP contribution in [0.3, 0.4) is 0 Å². The molecule has 7 nitrogen and oxygen atoms in total. The van der Waals surface area contributed by atoms with Crippen LogP contribution < -0.4 is 4.90 Å². The molecule has 0 spiro atoms. The van der Waals surface area contributed by atoms with Crippen LogP contribution in [0.25, 0.3) is 0 Å². The smallest absolute Gasteiger partial charge is 0.226 e. The molecule has 1 aliphatic heterocycles. The number of morpholine rings is 1. The maximum atomic E-state index is 12.9. The van der Waals surface area contributed by atoms with Crippen molar-refractivity contribution in [2.24, 2.45) is 13.0 Å². The van der Waals surface area contributed by atoms with Crippen molar-refractivity contribution in [3.05, 3.63) is 28.5 Å². The SMILES string of the molecule is CN(Cc1cnn(C)c1)C(=O)C1CCc2sc(N3CCOCC3)nc2C1. The van der Waals surface area contributed by atoms with Crippen molar-refractivity contribution in [2.75, 3.05) is 38.3 Å². The third-order valence-corrected chi connectivity index (χ3v) is 6.33. The maximum absolute atomic E-state index is 12.9. The topological polar surface area (TPSA) is 63.5 Å². The Morgan fingerprint density at radius 1 is 1.42 bits per heavy atom. The van der Waals surface area contributed by atoms with Gasteiger partial charge in [0, 0.05) is 62.7 Å². The molecule has 1 saturated heterocycles. The second-order valence-electron chi connectivity index (χ2n) is 7.12. The van der Waals surface area contributed by atoms with Crippen LogP contribution in [0, 0.1) is 5.92 Å². The number of carbonyl (C=O) groups is 1. The van der Waals surface area contributed by atoms with Crippen LogP contribution in [0.2, 0.25) is 0 Å². The number of ether oxygens (including phenoxy) is 1. The normalized spacial score (nSPS) is 20.1. The number of hydrogen-bond donors (Lipinski definition) is 0. The molecule has 8 heteroatoms. The first-order chi connectivity index (χ1) is 12.6. The molecule has 26 heavy (non-hydrogen) atoms. The summed E-state index contributed by atoms with van der Waals surface area (Å²) in [6, 6.07) is 0. The third-order valence-electron chi connectivity index (χ3n) is 5.11. The summed E-state index contributed by atoms with van der Waals surface area (Å²) in [5.41, 5.74) is 2.18. The second kappa shape index (κ2) is 7.36. The van der Waals surface area contributed by atoms with Gasteiger partial charge in [0.25, 0.3) is 0 Å². The first kappa shape index (κ1) is 17.5. The first-order valence-corrected chi connectivity index (χ1v) is 9.95. The van der Waals surface area contributed by atoms with E-state index >= 15 is 0 Å². The Bertz CT molecular complexity index is 780. The molecular weight excluding hydrogens is 350 g/mol. The highest BCUT2D eigenvalue weighted by Gasteiger charge is 2.30. The number of rotatable bonds is 4. The number of nitrogens with zero attached hydrogens (tertiary/aromatic N) is 5. The summed E-state index contributed by atoms with van der Waals surface area (Å²) in [5, 5.41) is 5.27. The molecule has 2 aliphatic rings. The van der Waals surface area contributed by atoms with Crippen molar-refractivity contribution >= 4 is 22.4 Å². The number of anilines is 1. The molecular formula is C18H25N5O2S. The Morgan fingerprint density at radius 2 is 2.23 bits per heavy atom. The van der Waals surface area contributed by atoms with Gasteiger partial charge < -0.3 is 14.5 Å². The summed E-state index contributed by atoms with van der Waals surface area (Å²) in [6.45, 7) is 3.95. The molecule has 3 heterocycles. The maximum Gasteiger partial charge on any atom is 0.226 e. The highest BCUT2D eigenvalue weighted by atomic mass is 32.1. The van der Waals surface area contributed by atoms with E-state index in [1.54, 1.807) is 16.0 Å². The fraction of sp³-hybridized carbons (Fsp3) is 0.611. The van der Waals surface area contributed by atoms with Crippen molar-refractivity contribution in [2.45, 2.75) is 25.8 Å². The van der Waals surface area contributed by atoms with Gasteiger partial charge in [0.05, 0.1) is 25.1 Å². The number of fused-ring (bicyclic) bond motifs is 1. The molecule has 140 valence electrons. The number of aryl methyl sites for hydroxylation is 2. The van der Waals surface area contributed by atoms with Gasteiger partial charge in [-0.25, -0.2) is 4.98 Å². The van der Waals surface area contributed by atoms with Crippen LogP contribution in [-0.2, 0) is 36.0 Å². The zero-order valence-electron chi connectivity index (χ0n) is 15.3. The zero-order chi connectivity index (χ0) is 18.1. The van der Waals surface area contributed by atoms with Gasteiger partial charge in [-0.15, -0.1) is 11.3 Å². The summed E-state index contributed by atoms with van der Waals surface area (Å²) in [6.07, 6.45) is 6.39. The summed E-state index contributed by atoms with van der Waals surface area (Å²) in [4.78, 5) is 23.2. The molecule has 0 N–H and O–H groups in total. The van der Waals surface area contributed by atoms with Gasteiger partial charge >= 0.3 is 0 Å². The van der Waals surface area contributed by atoms with Crippen LogP contribution in [0.15, 0.2) is 12.4 Å². The molecule has 1 unspecified atom stereocenters. The van der Waals surface area contributed by atoms with E-state index in [0.29, 0.717) is 6.54 Å². The van der Waals surface area contributed by atoms with E-state index in [-0.39, 0.29) is 11.8 Å². The molecule has 0 aromatic carbocycles. The van der Waals surface area contributed by atoms with Crippen molar-refractivity contribution in [3.63, 3.8) is 0 Å². The summed E-state index contributed by atoms with van der Waals surface area (Å²) >= 11 is 1.79. The quantitative estimate of drug-likeness (QED) is 0.810. The van der Waals surface area contributed by atoms with E-state index < -0.39 is 0 Å². The van der Waals surface area contributed by atoms with E-state index in [1.807, 2.05) is 31.4 Å². The summed E-state index contributed by atoms with van der Waals surface area (Å²) in [7, 11) is 3.77. The van der Waals surface area contributed by atoms with Crippen molar-refractivity contribution in [1.82, 2.24) is 19.7 Å². The standard InChI is InChI=1S/C18H25N5O2S/c1-21(11-13-10-19-22(2)12-13)17(24)14-3-4-16-15(9-14)20-18(26-16)23-5-7-25-8-6-23/h10,12,14H,3-9,11H2,1-2H3. The van der Waals surface area contributed by atoms with E-state index in [9.17, 15) is 4.79 Å². The number of thiazole rings is 1. The van der Waals surface area contributed by atoms with Crippen molar-refractivity contribution in [1.29, 1.82) is 0 Å². The molecule has 0 bridgehead atoms. The molecule has 1 fully saturated rings. The van der Waals surface area contributed by atoms with Crippen LogP contribution in [0.1, 0.15) is 22.6 Å². The Balaban J connectivity index is 1.40. The first-order valence-electron chi connectivity index (χ1n) is 9.14. The fourth-order valence-corrected chi connectivity index (χ4v) is 4.84. The predicted octanol–water partition coefficient (Wildman–Crippen LogP) is 1.48. The van der Waals surface area contributed by atoms with E-state index in [2.05, 4.69) is 10.00 Å². The summed E-state index contributed by atoms with van der Waals surface area (Å²) in [5.74, 6) is 0.240. The largest absolute Gasteiger partial charge is 0.378 e. The molecule has 0 radical (unpaired) electrons. The van der Waals surface area contributed by atoms with Gasteiger partial charge in [0.1, 0.15) is 0 Å². The van der Waals surface area contributed by atoms with E-state index in [1.165, 1.54) is 4.88 Å². The van der Waals surface area contributed by atoms with Crippen LogP contribution >= 0.6 is 11.3 Å². The monoisotopic (exact) mass is 375 g/mol. The number of amides is 1. The molecule has 4 rings (SSSR count). The van der Waals surface area contributed by atoms with Gasteiger partial charge in [-0.3, -0.25) is 9.48 Å². The fourth-order valence-electron chi connectivity index (χ4n) is 3.68. The van der Waals surface area contributed by atoms with Gasteiger partial charge in [0.2, 0.25) is 5.91 Å². The highest BCUT2D eigenvalue weighted by molar-refractivity contribution is 7.15. The number of aromatic nitrogens is 3. The highest BCUT2D eigenvalue weighted by Crippen LogP contribution is 2.34. The lowest BCUT2D eigenvalue weighted by atomic mass is 9.90. The Hall–Kier alpha value is -1.93. The number of hydrogen-bond acceptors (Lipinski definition) is 6. The van der Waals surface area contributed by atoms with E-state index in [4.69, 9.17) is 9.72 Å². The minimum absolute atomic E-state index is 0.0313. The molecule has 2 aromatic heterocycles. The minimum Gasteiger partial charge on any atom is -0.378 e. The zero-order valence-corrected chi connectivity index (χ0v) is 16.2. The molecule has 0 saturated carbocycles. The van der Waals surface area contributed by atoms with Crippen molar-refractivity contribution in [3.8, 4) is 0 Å². The summed E-state index contributed by atoms with van der Waals surface area (Å²) < 4.78 is 7.19. The Kier molecular flexibility index (Phi) is 4.95. The lowest BCUT2D eigenvalue weighted by Gasteiger charge is -2.26. The average Bonchev–Trinajstić information content (AvgIpc) is 3.27. The predicted molar refractivity (Wildman–Crippen MR) is 100 cm³/mol. The van der Waals surface area contributed by atoms with Gasteiger partial charge in [-0.05, 0) is 12.8 Å². The average molecular weight is 375 g/mol. The second-order valence-corrected chi connectivity index (χ2v) is 8.18. The van der Waals surface area contributed by atoms with E-state index in [0.717, 1.165) is 62.0 Å². The van der Waals surface area contributed by atoms with Crippen LogP contribution in [-0.4, -0.2) is 58.9 Å². The Labute approximate surface area is 157 Å². The van der Waals surface area contributed by atoms with Crippen LogP contribution in [0.4, 0.5) is 5.13 Å². The lowest BCUT2D eigenvalue weighted by Crippen LogP contribution is -2.36. The molecule has 1 amide bonds. The minimum atomic E-state index is 0.0313. The van der Waals surface area contributed by atoms with Gasteiger partial charge in [0.15, 0.2) is 5.13 Å². The van der Waals surface area contributed by atoms with Crippen molar-refractivity contribution < 1.29 is 9.53 Å². The molecule has 1 aliphatic carbocycles. The molecule has 1 atom stereocenters. The Morgan fingerprint density at radius 3 is 2.96 bits per heavy atom. The third kappa shape index (κ3) is 3.61. The van der Waals surface area contributed by atoms with Crippen LogP contribution in [0.5, 0.6) is 0 Å². The lowest BCUT2D eigenvalue weighted by molar-refractivity contribution is -0.135. The van der Waals surface area contributed by atoms with Gasteiger partial charge in [-0.1, -0.05) is 0 Å².